The van der Waals surface area contributed by atoms with Crippen LogP contribution < -0.4 is 10.6 Å². The highest BCUT2D eigenvalue weighted by Crippen LogP contribution is 2.27. The van der Waals surface area contributed by atoms with E-state index in [4.69, 9.17) is 23.7 Å². The quantitative estimate of drug-likeness (QED) is 0.129. The number of ether oxygens (including phenoxy) is 5. The number of rotatable bonds is 20. The van der Waals surface area contributed by atoms with Gasteiger partial charge in [0.15, 0.2) is 6.29 Å². The van der Waals surface area contributed by atoms with Crippen molar-refractivity contribution in [3.8, 4) is 0 Å². The molecule has 0 radical (unpaired) electrons. The van der Waals surface area contributed by atoms with E-state index >= 15 is 0 Å². The molecule has 38 heavy (non-hydrogen) atoms. The molecule has 0 heterocycles. The lowest BCUT2D eigenvalue weighted by Crippen LogP contribution is -2.37. The summed E-state index contributed by atoms with van der Waals surface area (Å²) in [5.41, 5.74) is 0.650. The van der Waals surface area contributed by atoms with Gasteiger partial charge in [0, 0.05) is 23.1 Å². The predicted octanol–water partition coefficient (Wildman–Crippen LogP) is 2.47. The molecule has 0 saturated heterocycles. The van der Waals surface area contributed by atoms with Crippen molar-refractivity contribution in [1.29, 1.82) is 0 Å². The van der Waals surface area contributed by atoms with Crippen LogP contribution in [0, 0.1) is 0 Å². The van der Waals surface area contributed by atoms with Crippen LogP contribution in [0.3, 0.4) is 0 Å². The van der Waals surface area contributed by atoms with Gasteiger partial charge in [-0.2, -0.15) is 13.2 Å². The summed E-state index contributed by atoms with van der Waals surface area (Å²) in [6, 6.07) is 7.07. The molecule has 0 spiro atoms. The van der Waals surface area contributed by atoms with Crippen molar-refractivity contribution in [3.05, 3.63) is 34.3 Å². The molecular weight excluding hydrogens is 585 g/mol. The number of halogens is 4. The van der Waals surface area contributed by atoms with E-state index in [1.165, 1.54) is 0 Å². The summed E-state index contributed by atoms with van der Waals surface area (Å²) in [7, 11) is 0. The molecule has 0 aromatic heterocycles. The highest BCUT2D eigenvalue weighted by atomic mass is 79.9. The van der Waals surface area contributed by atoms with Gasteiger partial charge in [0.1, 0.15) is 38.5 Å². The van der Waals surface area contributed by atoms with E-state index < -0.39 is 30.6 Å². The summed E-state index contributed by atoms with van der Waals surface area (Å²) >= 11 is 3.40. The molecule has 1 aromatic rings. The molecule has 11 nitrogen and oxygen atoms in total. The van der Waals surface area contributed by atoms with Gasteiger partial charge in [0.2, 0.25) is 0 Å². The zero-order chi connectivity index (χ0) is 28.2. The fourth-order valence-electron chi connectivity index (χ4n) is 2.70. The predicted molar refractivity (Wildman–Crippen MR) is 129 cm³/mol. The molecule has 0 saturated carbocycles. The van der Waals surface area contributed by atoms with Crippen molar-refractivity contribution < 1.29 is 56.0 Å². The van der Waals surface area contributed by atoms with Crippen LogP contribution in [0.2, 0.25) is 0 Å². The average Bonchev–Trinajstić information content (AvgIpc) is 2.88. The second kappa shape index (κ2) is 19.5. The van der Waals surface area contributed by atoms with Gasteiger partial charge in [0.25, 0.3) is 0 Å². The Kier molecular flexibility index (Phi) is 17.1. The van der Waals surface area contributed by atoms with Crippen LogP contribution in [0.1, 0.15) is 24.7 Å². The smallest absolute Gasteiger partial charge is 0.447 e. The molecule has 2 amide bonds. The number of hydrogen-bond acceptors (Lipinski definition) is 9. The maximum atomic E-state index is 12.2. The Morgan fingerprint density at radius 1 is 0.921 bits per heavy atom. The van der Waals surface area contributed by atoms with Crippen LogP contribution in [-0.2, 0) is 38.1 Å². The zero-order valence-electron chi connectivity index (χ0n) is 20.4. The maximum absolute atomic E-state index is 12.2. The van der Waals surface area contributed by atoms with Crippen molar-refractivity contribution in [2.24, 2.45) is 0 Å². The maximum Gasteiger partial charge on any atom is 0.471 e. The third-order valence-electron chi connectivity index (χ3n) is 4.44. The Hall–Kier alpha value is -2.59. The molecule has 2 unspecified atom stereocenters. The van der Waals surface area contributed by atoms with Gasteiger partial charge in [0.05, 0.1) is 19.8 Å². The Bertz CT molecular complexity index is 862. The van der Waals surface area contributed by atoms with E-state index in [1.807, 2.05) is 0 Å². The molecule has 0 aliphatic carbocycles. The topological polar surface area (TPSA) is 138 Å². The van der Waals surface area contributed by atoms with Crippen LogP contribution in [0.25, 0.3) is 0 Å². The highest BCUT2D eigenvalue weighted by molar-refractivity contribution is 9.10. The normalized spacial score (nSPS) is 12.8. The van der Waals surface area contributed by atoms with Crippen LogP contribution >= 0.6 is 15.9 Å². The van der Waals surface area contributed by atoms with E-state index in [-0.39, 0.29) is 59.2 Å². The number of hydrogen-bond donors (Lipinski definition) is 2. The fraction of sp³-hybridized carbons (Fsp3) is 0.565. The molecule has 1 aromatic carbocycles. The lowest BCUT2D eigenvalue weighted by molar-refractivity contribution is -0.173. The molecule has 0 fully saturated rings. The van der Waals surface area contributed by atoms with E-state index in [2.05, 4.69) is 21.2 Å². The number of amides is 2. The Labute approximate surface area is 225 Å². The Morgan fingerprint density at radius 2 is 1.55 bits per heavy atom. The average molecular weight is 615 g/mol. The first-order valence-corrected chi connectivity index (χ1v) is 12.3. The summed E-state index contributed by atoms with van der Waals surface area (Å²) in [6.07, 6.45) is -5.68. The van der Waals surface area contributed by atoms with Crippen molar-refractivity contribution in [1.82, 2.24) is 10.6 Å². The van der Waals surface area contributed by atoms with Crippen LogP contribution in [0.4, 0.5) is 18.0 Å². The second-order valence-corrected chi connectivity index (χ2v) is 8.26. The first kappa shape index (κ1) is 33.4. The van der Waals surface area contributed by atoms with E-state index in [9.17, 15) is 32.3 Å². The summed E-state index contributed by atoms with van der Waals surface area (Å²) in [6.45, 7) is -0.494. The molecule has 15 heteroatoms. The van der Waals surface area contributed by atoms with Crippen LogP contribution in [-0.4, -0.2) is 89.6 Å². The highest BCUT2D eigenvalue weighted by Gasteiger charge is 2.38. The van der Waals surface area contributed by atoms with Gasteiger partial charge in [-0.15, -0.1) is 0 Å². The fourth-order valence-corrected chi connectivity index (χ4v) is 3.17. The first-order valence-electron chi connectivity index (χ1n) is 11.5. The summed E-state index contributed by atoms with van der Waals surface area (Å²) in [5.74, 6) is -2.02. The molecule has 1 rings (SSSR count). The van der Waals surface area contributed by atoms with Crippen molar-refractivity contribution >= 4 is 40.5 Å². The molecular formula is C23H30BrF3N2O9. The Balaban J connectivity index is 2.41. The van der Waals surface area contributed by atoms with Crippen molar-refractivity contribution in [2.45, 2.75) is 31.4 Å². The van der Waals surface area contributed by atoms with E-state index in [0.29, 0.717) is 29.0 Å². The lowest BCUT2D eigenvalue weighted by Gasteiger charge is -2.20. The molecule has 2 atom stereocenters. The zero-order valence-corrected chi connectivity index (χ0v) is 22.0. The van der Waals surface area contributed by atoms with Crippen LogP contribution in [0.15, 0.2) is 28.7 Å². The van der Waals surface area contributed by atoms with E-state index in [0.717, 1.165) is 0 Å². The van der Waals surface area contributed by atoms with Crippen molar-refractivity contribution in [2.75, 3.05) is 52.7 Å². The van der Waals surface area contributed by atoms with Gasteiger partial charge in [-0.3, -0.25) is 4.79 Å². The Morgan fingerprint density at radius 3 is 2.16 bits per heavy atom. The SMILES string of the molecule is O=CCOCC(COC(=O)NCCCOC(OCCCNC(=O)C(F)(F)F)c1ccccc1Br)OCC=O. The number of carbonyl (C=O) groups is 4. The second-order valence-electron chi connectivity index (χ2n) is 7.41. The third kappa shape index (κ3) is 15.0. The number of benzene rings is 1. The van der Waals surface area contributed by atoms with Gasteiger partial charge in [-0.25, -0.2) is 4.79 Å². The third-order valence-corrected chi connectivity index (χ3v) is 5.16. The molecule has 214 valence electrons. The number of alkyl halides is 3. The minimum atomic E-state index is -4.95. The molecule has 0 aliphatic heterocycles. The molecule has 0 aliphatic rings. The lowest BCUT2D eigenvalue weighted by atomic mass is 10.2. The number of alkyl carbamates (subject to hydrolysis) is 1. The number of nitrogens with one attached hydrogen (secondary N) is 2. The van der Waals surface area contributed by atoms with Gasteiger partial charge in [-0.1, -0.05) is 34.1 Å². The largest absolute Gasteiger partial charge is 0.471 e. The molecule has 0 bridgehead atoms. The van der Waals surface area contributed by atoms with Gasteiger partial charge in [-0.05, 0) is 18.9 Å². The summed E-state index contributed by atoms with van der Waals surface area (Å²) in [4.78, 5) is 43.6. The summed E-state index contributed by atoms with van der Waals surface area (Å²) in [5, 5.41) is 4.29. The van der Waals surface area contributed by atoms with Gasteiger partial charge >= 0.3 is 18.2 Å². The molecule has 2 N–H and O–H groups in total. The standard InChI is InChI=1S/C23H30BrF3N2O9/c24-19-6-2-1-5-18(19)20(36-11-3-7-28-21(32)23(25,26)27)37-12-4-8-29-22(33)38-16-17(35-14-10-31)15-34-13-9-30/h1-2,5-6,9-10,17,20H,3-4,7-8,11-16H2,(H,28,32)(H,29,33). The van der Waals surface area contributed by atoms with E-state index in [1.54, 1.807) is 29.6 Å². The number of aldehydes is 2. The monoisotopic (exact) mass is 614 g/mol. The van der Waals surface area contributed by atoms with Gasteiger partial charge < -0.3 is 43.9 Å². The first-order chi connectivity index (χ1) is 18.2. The number of carbonyl (C=O) groups excluding carboxylic acids is 4. The minimum Gasteiger partial charge on any atom is -0.447 e. The van der Waals surface area contributed by atoms with Crippen molar-refractivity contribution in [3.63, 3.8) is 0 Å². The van der Waals surface area contributed by atoms with Crippen LogP contribution in [0.5, 0.6) is 0 Å². The summed E-state index contributed by atoms with van der Waals surface area (Å²) < 4.78 is 64.1. The minimum absolute atomic E-state index is 0.0125.